The third kappa shape index (κ3) is 7.20. The van der Waals surface area contributed by atoms with Crippen LogP contribution in [0.15, 0.2) is 0 Å². The summed E-state index contributed by atoms with van der Waals surface area (Å²) in [4.78, 5) is 2.32. The SMILES string of the molecule is CCCC(N)CCN(C)CCOCC1CC1. The summed E-state index contributed by atoms with van der Waals surface area (Å²) >= 11 is 0. The highest BCUT2D eigenvalue weighted by atomic mass is 16.5. The molecule has 0 aromatic carbocycles. The second-order valence-corrected chi connectivity index (χ2v) is 5.16. The van der Waals surface area contributed by atoms with Crippen molar-refractivity contribution in [2.75, 3.05) is 33.4 Å². The van der Waals surface area contributed by atoms with E-state index in [0.717, 1.165) is 45.1 Å². The van der Waals surface area contributed by atoms with E-state index in [1.54, 1.807) is 0 Å². The van der Waals surface area contributed by atoms with E-state index in [1.807, 2.05) is 0 Å². The molecule has 0 aromatic heterocycles. The average Bonchev–Trinajstić information content (AvgIpc) is 3.06. The summed E-state index contributed by atoms with van der Waals surface area (Å²) < 4.78 is 5.61. The molecule has 1 aliphatic rings. The predicted molar refractivity (Wildman–Crippen MR) is 68.5 cm³/mol. The van der Waals surface area contributed by atoms with Gasteiger partial charge in [0.05, 0.1) is 6.61 Å². The molecule has 0 bridgehead atoms. The lowest BCUT2D eigenvalue weighted by atomic mass is 10.1. The Balaban J connectivity index is 1.86. The Morgan fingerprint density at radius 1 is 1.31 bits per heavy atom. The van der Waals surface area contributed by atoms with E-state index in [-0.39, 0.29) is 0 Å². The van der Waals surface area contributed by atoms with Crippen molar-refractivity contribution in [3.8, 4) is 0 Å². The molecule has 1 saturated carbocycles. The second-order valence-electron chi connectivity index (χ2n) is 5.16. The van der Waals surface area contributed by atoms with Gasteiger partial charge in [0.2, 0.25) is 0 Å². The molecule has 1 unspecified atom stereocenters. The van der Waals surface area contributed by atoms with Gasteiger partial charge in [0.25, 0.3) is 0 Å². The quantitative estimate of drug-likeness (QED) is 0.580. The molecule has 1 rings (SSSR count). The third-order valence-electron chi connectivity index (χ3n) is 3.21. The zero-order valence-electron chi connectivity index (χ0n) is 11.0. The summed E-state index contributed by atoms with van der Waals surface area (Å²) in [6.07, 6.45) is 6.19. The Labute approximate surface area is 100 Å². The van der Waals surface area contributed by atoms with Crippen LogP contribution < -0.4 is 5.73 Å². The topological polar surface area (TPSA) is 38.5 Å². The van der Waals surface area contributed by atoms with Crippen molar-refractivity contribution < 1.29 is 4.74 Å². The van der Waals surface area contributed by atoms with Crippen LogP contribution in [0.25, 0.3) is 0 Å². The maximum Gasteiger partial charge on any atom is 0.0593 e. The maximum absolute atomic E-state index is 5.98. The largest absolute Gasteiger partial charge is 0.380 e. The fraction of sp³-hybridized carbons (Fsp3) is 1.00. The molecule has 0 heterocycles. The lowest BCUT2D eigenvalue weighted by Gasteiger charge is -2.19. The van der Waals surface area contributed by atoms with Gasteiger partial charge < -0.3 is 15.4 Å². The van der Waals surface area contributed by atoms with Crippen LogP contribution >= 0.6 is 0 Å². The average molecular weight is 228 g/mol. The fourth-order valence-electron chi connectivity index (χ4n) is 1.77. The number of likely N-dealkylation sites (N-methyl/N-ethyl adjacent to an activating group) is 1. The van der Waals surface area contributed by atoms with E-state index in [4.69, 9.17) is 10.5 Å². The number of rotatable bonds is 10. The van der Waals surface area contributed by atoms with Crippen molar-refractivity contribution in [1.29, 1.82) is 0 Å². The molecule has 0 spiro atoms. The van der Waals surface area contributed by atoms with Gasteiger partial charge >= 0.3 is 0 Å². The van der Waals surface area contributed by atoms with Crippen LogP contribution in [0.5, 0.6) is 0 Å². The zero-order chi connectivity index (χ0) is 11.8. The first-order valence-electron chi connectivity index (χ1n) is 6.74. The van der Waals surface area contributed by atoms with E-state index in [9.17, 15) is 0 Å². The van der Waals surface area contributed by atoms with E-state index in [1.165, 1.54) is 19.3 Å². The van der Waals surface area contributed by atoms with E-state index in [0.29, 0.717) is 6.04 Å². The molecule has 1 fully saturated rings. The Morgan fingerprint density at radius 2 is 2.06 bits per heavy atom. The minimum Gasteiger partial charge on any atom is -0.380 e. The number of nitrogens with two attached hydrogens (primary N) is 1. The number of ether oxygens (including phenoxy) is 1. The minimum atomic E-state index is 0.375. The Hall–Kier alpha value is -0.120. The first kappa shape index (κ1) is 13.9. The lowest BCUT2D eigenvalue weighted by molar-refractivity contribution is 0.102. The van der Waals surface area contributed by atoms with Gasteiger partial charge in [-0.2, -0.15) is 0 Å². The Morgan fingerprint density at radius 3 is 2.69 bits per heavy atom. The lowest BCUT2D eigenvalue weighted by Crippen LogP contribution is -2.30. The highest BCUT2D eigenvalue weighted by Gasteiger charge is 2.20. The van der Waals surface area contributed by atoms with Crippen LogP contribution in [0.3, 0.4) is 0 Å². The fourth-order valence-corrected chi connectivity index (χ4v) is 1.77. The van der Waals surface area contributed by atoms with Crippen molar-refractivity contribution in [2.24, 2.45) is 11.7 Å². The van der Waals surface area contributed by atoms with Gasteiger partial charge in [-0.15, -0.1) is 0 Å². The van der Waals surface area contributed by atoms with E-state index >= 15 is 0 Å². The molecule has 16 heavy (non-hydrogen) atoms. The van der Waals surface area contributed by atoms with Gasteiger partial charge in [-0.05, 0) is 45.2 Å². The summed E-state index contributed by atoms with van der Waals surface area (Å²) in [5.74, 6) is 0.878. The highest BCUT2D eigenvalue weighted by molar-refractivity contribution is 4.72. The molecule has 3 nitrogen and oxygen atoms in total. The smallest absolute Gasteiger partial charge is 0.0593 e. The van der Waals surface area contributed by atoms with Crippen molar-refractivity contribution >= 4 is 0 Å². The summed E-state index contributed by atoms with van der Waals surface area (Å²) in [6.45, 7) is 6.16. The van der Waals surface area contributed by atoms with Gasteiger partial charge in [0.1, 0.15) is 0 Å². The first-order chi connectivity index (χ1) is 7.72. The number of nitrogens with zero attached hydrogens (tertiary/aromatic N) is 1. The molecule has 0 aliphatic heterocycles. The molecule has 1 aliphatic carbocycles. The Kier molecular flexibility index (Phi) is 7.01. The molecule has 0 amide bonds. The molecule has 0 saturated heterocycles. The van der Waals surface area contributed by atoms with Crippen LogP contribution in [0.2, 0.25) is 0 Å². The van der Waals surface area contributed by atoms with Crippen molar-refractivity contribution in [2.45, 2.75) is 45.1 Å². The van der Waals surface area contributed by atoms with Crippen LogP contribution in [0.4, 0.5) is 0 Å². The third-order valence-corrected chi connectivity index (χ3v) is 3.21. The van der Waals surface area contributed by atoms with E-state index < -0.39 is 0 Å². The summed E-state index contributed by atoms with van der Waals surface area (Å²) in [5, 5.41) is 0. The van der Waals surface area contributed by atoms with Gasteiger partial charge in [0.15, 0.2) is 0 Å². The normalized spacial score (nSPS) is 18.0. The van der Waals surface area contributed by atoms with Crippen LogP contribution in [0, 0.1) is 5.92 Å². The van der Waals surface area contributed by atoms with Gasteiger partial charge in [0, 0.05) is 19.2 Å². The molecule has 0 radical (unpaired) electrons. The minimum absolute atomic E-state index is 0.375. The van der Waals surface area contributed by atoms with Crippen molar-refractivity contribution in [1.82, 2.24) is 4.90 Å². The maximum atomic E-state index is 5.98. The standard InChI is InChI=1S/C13H28N2O/c1-3-4-13(14)7-8-15(2)9-10-16-11-12-5-6-12/h12-13H,3-11,14H2,1-2H3. The van der Waals surface area contributed by atoms with Crippen molar-refractivity contribution in [3.05, 3.63) is 0 Å². The number of hydrogen-bond acceptors (Lipinski definition) is 3. The summed E-state index contributed by atoms with van der Waals surface area (Å²) in [6, 6.07) is 0.375. The monoisotopic (exact) mass is 228 g/mol. The molecule has 0 aromatic rings. The first-order valence-corrected chi connectivity index (χ1v) is 6.74. The van der Waals surface area contributed by atoms with Crippen LogP contribution in [-0.2, 0) is 4.74 Å². The molecular formula is C13H28N2O. The second kappa shape index (κ2) is 8.04. The van der Waals surface area contributed by atoms with Crippen molar-refractivity contribution in [3.63, 3.8) is 0 Å². The molecule has 96 valence electrons. The summed E-state index contributed by atoms with van der Waals surface area (Å²) in [7, 11) is 2.15. The number of hydrogen-bond donors (Lipinski definition) is 1. The van der Waals surface area contributed by atoms with Gasteiger partial charge in [-0.3, -0.25) is 0 Å². The molecule has 2 N–H and O–H groups in total. The Bertz CT molecular complexity index is 171. The van der Waals surface area contributed by atoms with E-state index in [2.05, 4.69) is 18.9 Å². The predicted octanol–water partition coefficient (Wildman–Crippen LogP) is 1.86. The molecule has 3 heteroatoms. The summed E-state index contributed by atoms with van der Waals surface area (Å²) in [5.41, 5.74) is 5.98. The van der Waals surface area contributed by atoms with Crippen LogP contribution in [0.1, 0.15) is 39.0 Å². The zero-order valence-corrected chi connectivity index (χ0v) is 11.0. The van der Waals surface area contributed by atoms with Crippen LogP contribution in [-0.4, -0.2) is 44.3 Å². The highest BCUT2D eigenvalue weighted by Crippen LogP contribution is 2.28. The van der Waals surface area contributed by atoms with Gasteiger partial charge in [-0.1, -0.05) is 13.3 Å². The van der Waals surface area contributed by atoms with Gasteiger partial charge in [-0.25, -0.2) is 0 Å². The molecule has 1 atom stereocenters. The molecular weight excluding hydrogens is 200 g/mol.